The van der Waals surface area contributed by atoms with Crippen LogP contribution < -0.4 is 10.2 Å². The highest BCUT2D eigenvalue weighted by atomic mass is 19.1. The van der Waals surface area contributed by atoms with Crippen LogP contribution in [0, 0.1) is 17.2 Å². The number of likely N-dealkylation sites (tertiary alicyclic amines) is 1. The first kappa shape index (κ1) is 23.5. The fourth-order valence-corrected chi connectivity index (χ4v) is 4.56. The largest absolute Gasteiger partial charge is 0.369 e. The molecule has 0 radical (unpaired) electrons. The topological polar surface area (TPSA) is 55.9 Å². The highest BCUT2D eigenvalue weighted by Crippen LogP contribution is 2.28. The van der Waals surface area contributed by atoms with Gasteiger partial charge in [0.15, 0.2) is 0 Å². The van der Waals surface area contributed by atoms with Gasteiger partial charge >= 0.3 is 0 Å². The molecule has 0 aliphatic carbocycles. The number of halogens is 1. The second-order valence-corrected chi connectivity index (χ2v) is 10.2. The maximum atomic E-state index is 14.8. The molecular formula is C24H37FN4O2. The number of hydrogen-bond acceptors (Lipinski definition) is 4. The molecule has 1 unspecified atom stereocenters. The van der Waals surface area contributed by atoms with Crippen LogP contribution in [0.2, 0.25) is 0 Å². The Morgan fingerprint density at radius 2 is 1.77 bits per heavy atom. The molecule has 2 saturated heterocycles. The third kappa shape index (κ3) is 5.76. The highest BCUT2D eigenvalue weighted by molar-refractivity contribution is 5.93. The van der Waals surface area contributed by atoms with Crippen molar-refractivity contribution in [3.05, 3.63) is 24.0 Å². The van der Waals surface area contributed by atoms with Gasteiger partial charge in [0.2, 0.25) is 11.8 Å². The standard InChI is InChI=1S/C24H37FN4O2/c1-24(2,3)23(31)29-12-6-7-17(16-29)22(30)26-18-8-9-21(20(25)15-18)28-13-10-19(11-14-28)27(4)5/h8-9,15,17,19H,6-7,10-14,16H2,1-5H3,(H,26,30). The van der Waals surface area contributed by atoms with Crippen LogP contribution in [0.5, 0.6) is 0 Å². The number of nitrogens with one attached hydrogen (secondary N) is 1. The van der Waals surface area contributed by atoms with Crippen LogP contribution >= 0.6 is 0 Å². The van der Waals surface area contributed by atoms with E-state index in [1.165, 1.54) is 6.07 Å². The van der Waals surface area contributed by atoms with E-state index in [0.29, 0.717) is 30.5 Å². The highest BCUT2D eigenvalue weighted by Gasteiger charge is 2.33. The molecular weight excluding hydrogens is 395 g/mol. The summed E-state index contributed by atoms with van der Waals surface area (Å²) in [4.78, 5) is 31.5. The van der Waals surface area contributed by atoms with E-state index < -0.39 is 5.41 Å². The molecule has 1 aromatic carbocycles. The lowest BCUT2D eigenvalue weighted by Crippen LogP contribution is -2.47. The van der Waals surface area contributed by atoms with Gasteiger partial charge in [-0.1, -0.05) is 20.8 Å². The Bertz CT molecular complexity index is 797. The molecule has 0 bridgehead atoms. The van der Waals surface area contributed by atoms with E-state index in [4.69, 9.17) is 0 Å². The Morgan fingerprint density at radius 1 is 1.10 bits per heavy atom. The molecule has 2 aliphatic heterocycles. The van der Waals surface area contributed by atoms with Crippen molar-refractivity contribution in [2.75, 3.05) is 50.5 Å². The maximum absolute atomic E-state index is 14.8. The zero-order chi connectivity index (χ0) is 22.8. The van der Waals surface area contributed by atoms with Crippen molar-refractivity contribution < 1.29 is 14.0 Å². The van der Waals surface area contributed by atoms with Crippen LogP contribution in [0.1, 0.15) is 46.5 Å². The lowest BCUT2D eigenvalue weighted by molar-refractivity contribution is -0.142. The Balaban J connectivity index is 1.59. The van der Waals surface area contributed by atoms with E-state index in [2.05, 4.69) is 29.2 Å². The smallest absolute Gasteiger partial charge is 0.229 e. The molecule has 1 atom stereocenters. The average Bonchev–Trinajstić information content (AvgIpc) is 2.73. The van der Waals surface area contributed by atoms with Crippen molar-refractivity contribution >= 4 is 23.2 Å². The van der Waals surface area contributed by atoms with Crippen molar-refractivity contribution in [2.24, 2.45) is 11.3 Å². The summed E-state index contributed by atoms with van der Waals surface area (Å²) in [7, 11) is 4.17. The van der Waals surface area contributed by atoms with Gasteiger partial charge in [-0.2, -0.15) is 0 Å². The predicted molar refractivity (Wildman–Crippen MR) is 123 cm³/mol. The van der Waals surface area contributed by atoms with E-state index in [9.17, 15) is 14.0 Å². The van der Waals surface area contributed by atoms with Crippen molar-refractivity contribution in [3.8, 4) is 0 Å². The van der Waals surface area contributed by atoms with Gasteiger partial charge in [-0.25, -0.2) is 4.39 Å². The maximum Gasteiger partial charge on any atom is 0.229 e. The summed E-state index contributed by atoms with van der Waals surface area (Å²) in [5, 5.41) is 2.86. The Morgan fingerprint density at radius 3 is 2.35 bits per heavy atom. The van der Waals surface area contributed by atoms with Crippen LogP contribution in [-0.2, 0) is 9.59 Å². The first-order valence-corrected chi connectivity index (χ1v) is 11.4. The number of piperidine rings is 2. The van der Waals surface area contributed by atoms with Crippen molar-refractivity contribution in [2.45, 2.75) is 52.5 Å². The summed E-state index contributed by atoms with van der Waals surface area (Å²) in [5.41, 5.74) is 0.599. The van der Waals surface area contributed by atoms with Gasteiger partial charge < -0.3 is 20.0 Å². The quantitative estimate of drug-likeness (QED) is 0.790. The average molecular weight is 433 g/mol. The minimum atomic E-state index is -0.460. The normalized spacial score (nSPS) is 20.8. The number of hydrogen-bond donors (Lipinski definition) is 1. The van der Waals surface area contributed by atoms with Gasteiger partial charge in [0.1, 0.15) is 5.82 Å². The third-order valence-electron chi connectivity index (χ3n) is 6.47. The van der Waals surface area contributed by atoms with Crippen LogP contribution in [-0.4, -0.2) is 67.9 Å². The molecule has 1 aromatic rings. The predicted octanol–water partition coefficient (Wildman–Crippen LogP) is 3.58. The van der Waals surface area contributed by atoms with E-state index in [-0.39, 0.29) is 23.5 Å². The summed E-state index contributed by atoms with van der Waals surface area (Å²) in [6.45, 7) is 8.44. The van der Waals surface area contributed by atoms with Crippen molar-refractivity contribution in [3.63, 3.8) is 0 Å². The SMILES string of the molecule is CN(C)C1CCN(c2ccc(NC(=O)C3CCCN(C(=O)C(C)(C)C)C3)cc2F)CC1. The Labute approximate surface area is 185 Å². The Kier molecular flexibility index (Phi) is 7.24. The van der Waals surface area contributed by atoms with Gasteiger partial charge in [0, 0.05) is 43.3 Å². The van der Waals surface area contributed by atoms with Crippen LogP contribution in [0.15, 0.2) is 18.2 Å². The number of rotatable bonds is 4. The monoisotopic (exact) mass is 432 g/mol. The molecule has 2 heterocycles. The van der Waals surface area contributed by atoms with Gasteiger partial charge in [0.25, 0.3) is 0 Å². The number of carbonyl (C=O) groups excluding carboxylic acids is 2. The number of amides is 2. The van der Waals surface area contributed by atoms with Crippen LogP contribution in [0.25, 0.3) is 0 Å². The molecule has 172 valence electrons. The molecule has 3 rings (SSSR count). The molecule has 2 aliphatic rings. The molecule has 0 aromatic heterocycles. The molecule has 2 fully saturated rings. The minimum Gasteiger partial charge on any atom is -0.369 e. The molecule has 0 saturated carbocycles. The molecule has 1 N–H and O–H groups in total. The lowest BCUT2D eigenvalue weighted by atomic mass is 9.91. The fraction of sp³-hybridized carbons (Fsp3) is 0.667. The second kappa shape index (κ2) is 9.55. The summed E-state index contributed by atoms with van der Waals surface area (Å²) in [6.07, 6.45) is 3.56. The van der Waals surface area contributed by atoms with Crippen molar-refractivity contribution in [1.29, 1.82) is 0 Å². The Hall–Kier alpha value is -2.15. The summed E-state index contributed by atoms with van der Waals surface area (Å²) in [6, 6.07) is 5.48. The van der Waals surface area contributed by atoms with E-state index in [0.717, 1.165) is 38.8 Å². The first-order valence-electron chi connectivity index (χ1n) is 11.4. The van der Waals surface area contributed by atoms with Crippen LogP contribution in [0.3, 0.4) is 0 Å². The van der Waals surface area contributed by atoms with Gasteiger partial charge in [-0.15, -0.1) is 0 Å². The van der Waals surface area contributed by atoms with E-state index in [1.807, 2.05) is 20.8 Å². The zero-order valence-corrected chi connectivity index (χ0v) is 19.6. The fourth-order valence-electron chi connectivity index (χ4n) is 4.56. The van der Waals surface area contributed by atoms with Gasteiger partial charge in [-0.3, -0.25) is 9.59 Å². The zero-order valence-electron chi connectivity index (χ0n) is 19.6. The number of benzene rings is 1. The van der Waals surface area contributed by atoms with E-state index in [1.54, 1.807) is 17.0 Å². The number of carbonyl (C=O) groups is 2. The minimum absolute atomic E-state index is 0.0680. The lowest BCUT2D eigenvalue weighted by Gasteiger charge is -2.36. The van der Waals surface area contributed by atoms with E-state index >= 15 is 0 Å². The summed E-state index contributed by atoms with van der Waals surface area (Å²) in [5.74, 6) is -0.661. The molecule has 2 amide bonds. The molecule has 7 heteroatoms. The number of anilines is 2. The van der Waals surface area contributed by atoms with Gasteiger partial charge in [0.05, 0.1) is 11.6 Å². The molecule has 6 nitrogen and oxygen atoms in total. The summed E-state index contributed by atoms with van der Waals surface area (Å²) < 4.78 is 14.8. The molecule has 31 heavy (non-hydrogen) atoms. The third-order valence-corrected chi connectivity index (χ3v) is 6.47. The van der Waals surface area contributed by atoms with Gasteiger partial charge in [-0.05, 0) is 58.0 Å². The van der Waals surface area contributed by atoms with Crippen molar-refractivity contribution in [1.82, 2.24) is 9.80 Å². The second-order valence-electron chi connectivity index (χ2n) is 10.2. The first-order chi connectivity index (χ1) is 14.6. The summed E-state index contributed by atoms with van der Waals surface area (Å²) >= 11 is 0. The number of nitrogens with zero attached hydrogens (tertiary/aromatic N) is 3. The van der Waals surface area contributed by atoms with Crippen LogP contribution in [0.4, 0.5) is 15.8 Å². The molecule has 0 spiro atoms.